The van der Waals surface area contributed by atoms with Crippen LogP contribution >= 0.6 is 12.2 Å². The highest BCUT2D eigenvalue weighted by Crippen LogP contribution is 2.25. The van der Waals surface area contributed by atoms with Gasteiger partial charge in [0, 0.05) is 6.20 Å². The van der Waals surface area contributed by atoms with Crippen LogP contribution in [0.1, 0.15) is 47.0 Å². The van der Waals surface area contributed by atoms with Gasteiger partial charge in [-0.25, -0.2) is 0 Å². The minimum atomic E-state index is -0.0732. The minimum absolute atomic E-state index is 0.0732. The summed E-state index contributed by atoms with van der Waals surface area (Å²) in [6.07, 6.45) is 1.96. The van der Waals surface area contributed by atoms with Crippen LogP contribution in [0.3, 0.4) is 0 Å². The molecule has 0 saturated carbocycles. The lowest BCUT2D eigenvalue weighted by Gasteiger charge is -2.14. The van der Waals surface area contributed by atoms with Crippen LogP contribution in [0.15, 0.2) is 36.5 Å². The van der Waals surface area contributed by atoms with Gasteiger partial charge in [0.05, 0.1) is 29.3 Å². The Bertz CT molecular complexity index is 1210. The SMILES string of the molecule is Cc1ccc(Cn2nc(C)c(-n3c(C(C)n4ccc(C)n4)n[nH]c3=S)c2C)cc1. The third-order valence-corrected chi connectivity index (χ3v) is 5.50. The number of benzene rings is 1. The summed E-state index contributed by atoms with van der Waals surface area (Å²) in [6.45, 7) is 10.9. The lowest BCUT2D eigenvalue weighted by atomic mass is 10.1. The van der Waals surface area contributed by atoms with Gasteiger partial charge in [0.2, 0.25) is 0 Å². The van der Waals surface area contributed by atoms with Crippen molar-refractivity contribution in [2.45, 2.75) is 47.2 Å². The van der Waals surface area contributed by atoms with Gasteiger partial charge in [-0.3, -0.25) is 19.0 Å². The molecule has 3 aromatic heterocycles. The number of hydrogen-bond donors (Lipinski definition) is 1. The Hall–Kier alpha value is -3.00. The van der Waals surface area contributed by atoms with E-state index in [1.165, 1.54) is 11.1 Å². The van der Waals surface area contributed by atoms with Crippen LogP contribution in [-0.4, -0.2) is 34.3 Å². The van der Waals surface area contributed by atoms with Crippen LogP contribution in [0, 0.1) is 32.5 Å². The van der Waals surface area contributed by atoms with Crippen LogP contribution in [0.25, 0.3) is 5.69 Å². The van der Waals surface area contributed by atoms with Crippen LogP contribution in [0.4, 0.5) is 0 Å². The third kappa shape index (κ3) is 3.55. The first-order valence-electron chi connectivity index (χ1n) is 9.64. The normalized spacial score (nSPS) is 12.4. The van der Waals surface area contributed by atoms with Gasteiger partial charge >= 0.3 is 0 Å². The summed E-state index contributed by atoms with van der Waals surface area (Å²) in [6, 6.07) is 10.4. The Balaban J connectivity index is 1.76. The molecule has 0 radical (unpaired) electrons. The summed E-state index contributed by atoms with van der Waals surface area (Å²) < 4.78 is 6.46. The first kappa shape index (κ1) is 19.3. The van der Waals surface area contributed by atoms with Gasteiger partial charge in [0.1, 0.15) is 6.04 Å². The maximum Gasteiger partial charge on any atom is 0.200 e. The zero-order chi connectivity index (χ0) is 20.7. The molecule has 29 heavy (non-hydrogen) atoms. The van der Waals surface area contributed by atoms with Gasteiger partial charge in [-0.15, -0.1) is 0 Å². The first-order chi connectivity index (χ1) is 13.8. The number of H-pyrrole nitrogens is 1. The molecule has 0 amide bonds. The van der Waals surface area contributed by atoms with Crippen molar-refractivity contribution >= 4 is 12.2 Å². The largest absolute Gasteiger partial charge is 0.267 e. The molecule has 7 nitrogen and oxygen atoms in total. The Labute approximate surface area is 175 Å². The Morgan fingerprint density at radius 2 is 1.76 bits per heavy atom. The first-order valence-corrected chi connectivity index (χ1v) is 10.0. The van der Waals surface area contributed by atoms with Crippen LogP contribution in [-0.2, 0) is 6.54 Å². The number of aromatic amines is 1. The average Bonchev–Trinajstić information content (AvgIpc) is 3.35. The van der Waals surface area contributed by atoms with Crippen molar-refractivity contribution in [3.05, 3.63) is 75.3 Å². The van der Waals surface area contributed by atoms with E-state index in [0.717, 1.165) is 28.6 Å². The maximum absolute atomic E-state index is 5.58. The standard InChI is InChI=1S/C21H25N7S/c1-13-6-8-18(9-7-13)12-27-16(4)19(15(3)25-27)28-20(22-23-21(28)29)17(5)26-11-10-14(2)24-26/h6-11,17H,12H2,1-5H3,(H,23,29). The quantitative estimate of drug-likeness (QED) is 0.503. The van der Waals surface area contributed by atoms with Crippen molar-refractivity contribution in [1.82, 2.24) is 34.3 Å². The zero-order valence-electron chi connectivity index (χ0n) is 17.3. The molecule has 4 aromatic rings. The van der Waals surface area contributed by atoms with E-state index in [9.17, 15) is 0 Å². The molecule has 0 aliphatic rings. The third-order valence-electron chi connectivity index (χ3n) is 5.23. The molecule has 1 aromatic carbocycles. The number of rotatable bonds is 5. The van der Waals surface area contributed by atoms with Gasteiger partial charge in [0.15, 0.2) is 10.6 Å². The van der Waals surface area contributed by atoms with E-state index in [4.69, 9.17) is 17.3 Å². The van der Waals surface area contributed by atoms with Crippen molar-refractivity contribution in [2.24, 2.45) is 0 Å². The van der Waals surface area contributed by atoms with E-state index < -0.39 is 0 Å². The molecule has 1 N–H and O–H groups in total. The summed E-state index contributed by atoms with van der Waals surface area (Å²) in [7, 11) is 0. The number of nitrogens with one attached hydrogen (secondary N) is 1. The molecule has 4 rings (SSSR count). The van der Waals surface area contributed by atoms with Gasteiger partial charge in [-0.1, -0.05) is 29.8 Å². The predicted molar refractivity (Wildman–Crippen MR) is 115 cm³/mol. The molecule has 0 aliphatic carbocycles. The highest BCUT2D eigenvalue weighted by atomic mass is 32.1. The second kappa shape index (κ2) is 7.44. The monoisotopic (exact) mass is 407 g/mol. The van der Waals surface area contributed by atoms with E-state index in [1.807, 2.05) is 40.0 Å². The van der Waals surface area contributed by atoms with Crippen molar-refractivity contribution in [2.75, 3.05) is 0 Å². The lowest BCUT2D eigenvalue weighted by molar-refractivity contribution is 0.524. The second-order valence-electron chi connectivity index (χ2n) is 7.50. The zero-order valence-corrected chi connectivity index (χ0v) is 18.2. The Kier molecular flexibility index (Phi) is 4.96. The fourth-order valence-electron chi connectivity index (χ4n) is 3.60. The maximum atomic E-state index is 5.58. The molecule has 0 saturated heterocycles. The number of hydrogen-bond acceptors (Lipinski definition) is 4. The van der Waals surface area contributed by atoms with Gasteiger partial charge in [-0.05, 0) is 58.5 Å². The second-order valence-corrected chi connectivity index (χ2v) is 7.88. The molecule has 150 valence electrons. The fraction of sp³-hybridized carbons (Fsp3) is 0.333. The molecular formula is C21H25N7S. The van der Waals surface area contributed by atoms with Gasteiger partial charge < -0.3 is 0 Å². The Morgan fingerprint density at radius 1 is 1.03 bits per heavy atom. The smallest absolute Gasteiger partial charge is 0.200 e. The molecule has 0 spiro atoms. The van der Waals surface area contributed by atoms with Crippen LogP contribution in [0.2, 0.25) is 0 Å². The summed E-state index contributed by atoms with van der Waals surface area (Å²) in [5.41, 5.74) is 6.37. The topological polar surface area (TPSA) is 69.2 Å². The molecule has 0 bridgehead atoms. The molecule has 3 heterocycles. The molecule has 1 unspecified atom stereocenters. The molecule has 1 atom stereocenters. The van der Waals surface area contributed by atoms with Crippen LogP contribution in [0.5, 0.6) is 0 Å². The number of aryl methyl sites for hydroxylation is 3. The number of aromatic nitrogens is 7. The summed E-state index contributed by atoms with van der Waals surface area (Å²) >= 11 is 5.58. The number of nitrogens with zero attached hydrogens (tertiary/aromatic N) is 6. The molecular weight excluding hydrogens is 382 g/mol. The summed E-state index contributed by atoms with van der Waals surface area (Å²) in [5.74, 6) is 0.805. The lowest BCUT2D eigenvalue weighted by Crippen LogP contribution is -2.14. The molecule has 0 fully saturated rings. The van der Waals surface area contributed by atoms with Crippen molar-refractivity contribution in [3.63, 3.8) is 0 Å². The van der Waals surface area contributed by atoms with Crippen molar-refractivity contribution in [3.8, 4) is 5.69 Å². The van der Waals surface area contributed by atoms with E-state index in [0.29, 0.717) is 11.3 Å². The fourth-order valence-corrected chi connectivity index (χ4v) is 3.83. The summed E-state index contributed by atoms with van der Waals surface area (Å²) in [4.78, 5) is 0. The average molecular weight is 408 g/mol. The highest BCUT2D eigenvalue weighted by Gasteiger charge is 2.22. The van der Waals surface area contributed by atoms with Gasteiger partial charge in [-0.2, -0.15) is 15.3 Å². The van der Waals surface area contributed by atoms with Crippen molar-refractivity contribution in [1.29, 1.82) is 0 Å². The molecule has 0 aliphatic heterocycles. The predicted octanol–water partition coefficient (Wildman–Crippen LogP) is 4.21. The van der Waals surface area contributed by atoms with E-state index >= 15 is 0 Å². The van der Waals surface area contributed by atoms with Crippen molar-refractivity contribution < 1.29 is 0 Å². The van der Waals surface area contributed by atoms with E-state index in [1.54, 1.807) is 0 Å². The minimum Gasteiger partial charge on any atom is -0.267 e. The van der Waals surface area contributed by atoms with Gasteiger partial charge in [0.25, 0.3) is 0 Å². The highest BCUT2D eigenvalue weighted by molar-refractivity contribution is 7.71. The van der Waals surface area contributed by atoms with E-state index in [2.05, 4.69) is 60.3 Å². The van der Waals surface area contributed by atoms with E-state index in [-0.39, 0.29) is 6.04 Å². The molecule has 8 heteroatoms. The van der Waals surface area contributed by atoms with Crippen LogP contribution < -0.4 is 0 Å². The Morgan fingerprint density at radius 3 is 2.41 bits per heavy atom. The summed E-state index contributed by atoms with van der Waals surface area (Å²) in [5, 5.41) is 16.8.